The molecule has 0 aromatic heterocycles. The Morgan fingerprint density at radius 3 is 2.29 bits per heavy atom. The van der Waals surface area contributed by atoms with Crippen molar-refractivity contribution in [2.24, 2.45) is 0 Å². The maximum Gasteiger partial charge on any atom is 0.331 e. The van der Waals surface area contributed by atoms with Crippen molar-refractivity contribution in [3.05, 3.63) is 60.2 Å². The van der Waals surface area contributed by atoms with Gasteiger partial charge in [-0.2, -0.15) is 8.42 Å². The second kappa shape index (κ2) is 6.16. The molecule has 0 radical (unpaired) electrons. The van der Waals surface area contributed by atoms with Crippen LogP contribution in [-0.4, -0.2) is 31.4 Å². The van der Waals surface area contributed by atoms with Crippen LogP contribution in [-0.2, 0) is 10.2 Å². The topological polar surface area (TPSA) is 66.9 Å². The molecule has 0 unspecified atom stereocenters. The van der Waals surface area contributed by atoms with Crippen LogP contribution in [0, 0.1) is 0 Å². The summed E-state index contributed by atoms with van der Waals surface area (Å²) in [6, 6.07) is 15.1. The fraction of sp³-hybridized carbons (Fsp3) is 0.235. The van der Waals surface area contributed by atoms with Gasteiger partial charge in [0.2, 0.25) is 0 Å². The molecule has 1 aliphatic heterocycles. The number of anilines is 1. The third kappa shape index (κ3) is 2.71. The summed E-state index contributed by atoms with van der Waals surface area (Å²) >= 11 is 0. The maximum absolute atomic E-state index is 12.9. The van der Waals surface area contributed by atoms with Crippen molar-refractivity contribution in [3.8, 4) is 5.75 Å². The van der Waals surface area contributed by atoms with Gasteiger partial charge in [-0.3, -0.25) is 4.79 Å². The van der Waals surface area contributed by atoms with Crippen molar-refractivity contribution in [2.45, 2.75) is 19.9 Å². The number of carbonyl (C=O) groups excluding carboxylic acids is 1. The standard InChI is InChI=1S/C17H18N2O4S/c1-13(2)19-17(20)15-10-6-7-11-16(15)18(24(19,21)22)12-23-14-8-4-3-5-9-14/h3-11,13H,12H2,1-2H3. The fourth-order valence-corrected chi connectivity index (χ4v) is 4.26. The summed E-state index contributed by atoms with van der Waals surface area (Å²) in [7, 11) is -4.00. The second-order valence-electron chi connectivity index (χ2n) is 5.65. The molecule has 0 atom stereocenters. The molecule has 0 saturated heterocycles. The third-order valence-corrected chi connectivity index (χ3v) is 5.63. The van der Waals surface area contributed by atoms with Crippen LogP contribution in [0.4, 0.5) is 5.69 Å². The highest BCUT2D eigenvalue weighted by molar-refractivity contribution is 7.91. The molecule has 7 heteroatoms. The first-order valence-electron chi connectivity index (χ1n) is 7.56. The van der Waals surface area contributed by atoms with Crippen LogP contribution in [0.2, 0.25) is 0 Å². The van der Waals surface area contributed by atoms with Gasteiger partial charge in [0.05, 0.1) is 11.3 Å². The average Bonchev–Trinajstić information content (AvgIpc) is 2.55. The first-order chi connectivity index (χ1) is 11.4. The Morgan fingerprint density at radius 1 is 1.00 bits per heavy atom. The number of hydrogen-bond donors (Lipinski definition) is 0. The Hall–Kier alpha value is -2.54. The number of para-hydroxylation sites is 2. The van der Waals surface area contributed by atoms with Gasteiger partial charge in [0.25, 0.3) is 5.91 Å². The molecule has 1 aliphatic rings. The fourth-order valence-electron chi connectivity index (χ4n) is 2.61. The molecule has 2 aromatic carbocycles. The molecular weight excluding hydrogens is 328 g/mol. The van der Waals surface area contributed by atoms with Gasteiger partial charge in [-0.25, -0.2) is 8.61 Å². The molecule has 1 amide bonds. The second-order valence-corrected chi connectivity index (χ2v) is 7.38. The van der Waals surface area contributed by atoms with Crippen LogP contribution in [0.5, 0.6) is 5.75 Å². The third-order valence-electron chi connectivity index (χ3n) is 3.69. The number of nitrogens with zero attached hydrogens (tertiary/aromatic N) is 2. The van der Waals surface area contributed by atoms with Crippen LogP contribution < -0.4 is 9.04 Å². The zero-order chi connectivity index (χ0) is 17.3. The zero-order valence-electron chi connectivity index (χ0n) is 13.4. The number of rotatable bonds is 4. The number of hydrogen-bond acceptors (Lipinski definition) is 4. The Balaban J connectivity index is 2.02. The summed E-state index contributed by atoms with van der Waals surface area (Å²) in [5.41, 5.74) is 0.674. The van der Waals surface area contributed by atoms with Crippen molar-refractivity contribution in [1.82, 2.24) is 4.31 Å². The van der Waals surface area contributed by atoms with Crippen LogP contribution in [0.3, 0.4) is 0 Å². The first-order valence-corrected chi connectivity index (χ1v) is 8.96. The Morgan fingerprint density at radius 2 is 1.62 bits per heavy atom. The molecule has 1 heterocycles. The monoisotopic (exact) mass is 346 g/mol. The van der Waals surface area contributed by atoms with E-state index in [-0.39, 0.29) is 6.73 Å². The van der Waals surface area contributed by atoms with Crippen LogP contribution in [0.15, 0.2) is 54.6 Å². The SMILES string of the molecule is CC(C)N1C(=O)c2ccccc2N(COc2ccccc2)S1(=O)=O. The minimum atomic E-state index is -4.00. The quantitative estimate of drug-likeness (QED) is 0.853. The van der Waals surface area contributed by atoms with Gasteiger partial charge in [0.15, 0.2) is 6.73 Å². The molecule has 3 rings (SSSR count). The van der Waals surface area contributed by atoms with Crippen molar-refractivity contribution in [2.75, 3.05) is 11.0 Å². The lowest BCUT2D eigenvalue weighted by atomic mass is 10.1. The lowest BCUT2D eigenvalue weighted by molar-refractivity contribution is 0.0830. The summed E-state index contributed by atoms with van der Waals surface area (Å²) in [5.74, 6) is 0.0368. The smallest absolute Gasteiger partial charge is 0.331 e. The van der Waals surface area contributed by atoms with E-state index in [1.165, 1.54) is 0 Å². The first kappa shape index (κ1) is 16.3. The van der Waals surface area contributed by atoms with E-state index < -0.39 is 22.2 Å². The van der Waals surface area contributed by atoms with Gasteiger partial charge < -0.3 is 4.74 Å². The Labute approximate surface area is 141 Å². The van der Waals surface area contributed by atoms with E-state index in [0.29, 0.717) is 17.0 Å². The van der Waals surface area contributed by atoms with Crippen LogP contribution >= 0.6 is 0 Å². The highest BCUT2D eigenvalue weighted by atomic mass is 32.2. The van der Waals surface area contributed by atoms with Gasteiger partial charge in [-0.15, -0.1) is 0 Å². The van der Waals surface area contributed by atoms with E-state index in [1.54, 1.807) is 62.4 Å². The molecular formula is C17H18N2O4S. The predicted molar refractivity (Wildman–Crippen MR) is 91.1 cm³/mol. The molecule has 0 saturated carbocycles. The zero-order valence-corrected chi connectivity index (χ0v) is 14.2. The molecule has 0 N–H and O–H groups in total. The van der Waals surface area contributed by atoms with Crippen LogP contribution in [0.1, 0.15) is 24.2 Å². The summed E-state index contributed by atoms with van der Waals surface area (Å²) < 4.78 is 33.4. The molecule has 24 heavy (non-hydrogen) atoms. The highest BCUT2D eigenvalue weighted by Gasteiger charge is 2.43. The van der Waals surface area contributed by atoms with E-state index in [1.807, 2.05) is 6.07 Å². The molecule has 0 spiro atoms. The van der Waals surface area contributed by atoms with Gasteiger partial charge in [-0.1, -0.05) is 30.3 Å². The van der Waals surface area contributed by atoms with E-state index in [2.05, 4.69) is 0 Å². The summed E-state index contributed by atoms with van der Waals surface area (Å²) in [4.78, 5) is 12.6. The molecule has 0 fully saturated rings. The van der Waals surface area contributed by atoms with E-state index >= 15 is 0 Å². The normalized spacial score (nSPS) is 16.2. The van der Waals surface area contributed by atoms with Gasteiger partial charge in [0, 0.05) is 6.04 Å². The summed E-state index contributed by atoms with van der Waals surface area (Å²) in [5, 5.41) is 0. The lowest BCUT2D eigenvalue weighted by Crippen LogP contribution is -2.54. The van der Waals surface area contributed by atoms with E-state index in [9.17, 15) is 13.2 Å². The molecule has 0 bridgehead atoms. The molecule has 2 aromatic rings. The minimum absolute atomic E-state index is 0.208. The van der Waals surface area contributed by atoms with Gasteiger partial charge >= 0.3 is 10.2 Å². The van der Waals surface area contributed by atoms with Crippen LogP contribution in [0.25, 0.3) is 0 Å². The average molecular weight is 346 g/mol. The molecule has 0 aliphatic carbocycles. The van der Waals surface area contributed by atoms with Gasteiger partial charge in [0.1, 0.15) is 5.75 Å². The largest absolute Gasteiger partial charge is 0.472 e. The van der Waals surface area contributed by atoms with Gasteiger partial charge in [-0.05, 0) is 38.1 Å². The summed E-state index contributed by atoms with van der Waals surface area (Å²) in [6.07, 6.45) is 0. The number of ether oxygens (including phenoxy) is 1. The predicted octanol–water partition coefficient (Wildman–Crippen LogP) is 2.64. The number of benzene rings is 2. The van der Waals surface area contributed by atoms with Crippen molar-refractivity contribution in [3.63, 3.8) is 0 Å². The van der Waals surface area contributed by atoms with Crippen molar-refractivity contribution >= 4 is 21.8 Å². The number of carbonyl (C=O) groups is 1. The lowest BCUT2D eigenvalue weighted by Gasteiger charge is -2.38. The highest BCUT2D eigenvalue weighted by Crippen LogP contribution is 2.33. The maximum atomic E-state index is 12.9. The molecule has 126 valence electrons. The number of amides is 1. The van der Waals surface area contributed by atoms with Crippen molar-refractivity contribution in [1.29, 1.82) is 0 Å². The van der Waals surface area contributed by atoms with E-state index in [4.69, 9.17) is 4.74 Å². The summed E-state index contributed by atoms with van der Waals surface area (Å²) in [6.45, 7) is 3.12. The Bertz CT molecular complexity index is 850. The number of fused-ring (bicyclic) bond motifs is 1. The minimum Gasteiger partial charge on any atom is -0.472 e. The molecule has 6 nitrogen and oxygen atoms in total. The Kier molecular flexibility index (Phi) is 4.19. The van der Waals surface area contributed by atoms with Crippen molar-refractivity contribution < 1.29 is 17.9 Å². The van der Waals surface area contributed by atoms with E-state index in [0.717, 1.165) is 8.61 Å².